The molecule has 0 unspecified atom stereocenters. The first-order chi connectivity index (χ1) is 8.52. The van der Waals surface area contributed by atoms with Crippen LogP contribution in [0.5, 0.6) is 0 Å². The number of halogens is 2. The van der Waals surface area contributed by atoms with E-state index in [2.05, 4.69) is 9.72 Å². The van der Waals surface area contributed by atoms with E-state index in [0.717, 1.165) is 18.7 Å². The minimum atomic E-state index is -3.83. The van der Waals surface area contributed by atoms with Crippen molar-refractivity contribution in [3.63, 3.8) is 0 Å². The van der Waals surface area contributed by atoms with Crippen LogP contribution in [-0.2, 0) is 15.5 Å². The summed E-state index contributed by atoms with van der Waals surface area (Å²) in [5.41, 5.74) is -0.760. The van der Waals surface area contributed by atoms with Crippen LogP contribution < -0.4 is 0 Å². The third-order valence-electron chi connectivity index (χ3n) is 2.20. The van der Waals surface area contributed by atoms with Crippen LogP contribution in [0.25, 0.3) is 0 Å². The number of nitriles is 1. The number of nitrogens with zero attached hydrogens (tertiary/aromatic N) is 2. The zero-order valence-corrected chi connectivity index (χ0v) is 9.82. The summed E-state index contributed by atoms with van der Waals surface area (Å²) >= 11 is 0. The predicted molar refractivity (Wildman–Crippen MR) is 58.7 cm³/mol. The molecule has 4 nitrogen and oxygen atoms in total. The first-order valence-electron chi connectivity index (χ1n) is 5.44. The Bertz CT molecular complexity index is 469. The van der Waals surface area contributed by atoms with Gasteiger partial charge in [-0.1, -0.05) is 13.3 Å². The largest absolute Gasteiger partial charge is 0.461 e. The first kappa shape index (κ1) is 14.0. The summed E-state index contributed by atoms with van der Waals surface area (Å²) in [5, 5.41) is 8.60. The standard InChI is InChI=1S/C12H12F2N2O2/c1-2-3-6-18-11(17)12(13,14)10-7-9(8-15)4-5-16-10/h4-5,7H,2-3,6H2,1H3. The van der Waals surface area contributed by atoms with Gasteiger partial charge in [-0.05, 0) is 18.6 Å². The second-order valence-corrected chi connectivity index (χ2v) is 3.61. The summed E-state index contributed by atoms with van der Waals surface area (Å²) in [6.07, 6.45) is 2.32. The van der Waals surface area contributed by atoms with Crippen LogP contribution in [0.2, 0.25) is 0 Å². The van der Waals surface area contributed by atoms with Crippen molar-refractivity contribution in [2.24, 2.45) is 0 Å². The monoisotopic (exact) mass is 254 g/mol. The summed E-state index contributed by atoms with van der Waals surface area (Å²) in [6, 6.07) is 3.86. The zero-order valence-electron chi connectivity index (χ0n) is 9.82. The van der Waals surface area contributed by atoms with Crippen molar-refractivity contribution < 1.29 is 18.3 Å². The van der Waals surface area contributed by atoms with Crippen molar-refractivity contribution in [1.82, 2.24) is 4.98 Å². The molecule has 96 valence electrons. The van der Waals surface area contributed by atoms with Crippen molar-refractivity contribution in [2.75, 3.05) is 6.61 Å². The lowest BCUT2D eigenvalue weighted by molar-refractivity contribution is -0.174. The molecule has 0 spiro atoms. The molecule has 1 heterocycles. The average Bonchev–Trinajstić information content (AvgIpc) is 2.39. The quantitative estimate of drug-likeness (QED) is 0.597. The average molecular weight is 254 g/mol. The van der Waals surface area contributed by atoms with Crippen molar-refractivity contribution >= 4 is 5.97 Å². The third kappa shape index (κ3) is 3.23. The van der Waals surface area contributed by atoms with Gasteiger partial charge in [-0.2, -0.15) is 14.0 Å². The minimum absolute atomic E-state index is 0.0148. The lowest BCUT2D eigenvalue weighted by Gasteiger charge is -2.14. The van der Waals surface area contributed by atoms with Gasteiger partial charge >= 0.3 is 11.9 Å². The van der Waals surface area contributed by atoms with Crippen LogP contribution in [0.1, 0.15) is 31.0 Å². The Labute approximate surface area is 103 Å². The summed E-state index contributed by atoms with van der Waals surface area (Å²) in [4.78, 5) is 14.7. The van der Waals surface area contributed by atoms with Crippen LogP contribution in [0.4, 0.5) is 8.78 Å². The zero-order chi connectivity index (χ0) is 13.6. The molecule has 0 aromatic carbocycles. The van der Waals surface area contributed by atoms with Gasteiger partial charge in [0, 0.05) is 6.20 Å². The number of aromatic nitrogens is 1. The van der Waals surface area contributed by atoms with E-state index in [9.17, 15) is 13.6 Å². The van der Waals surface area contributed by atoms with Crippen molar-refractivity contribution in [1.29, 1.82) is 5.26 Å². The number of hydrogen-bond donors (Lipinski definition) is 0. The van der Waals surface area contributed by atoms with Gasteiger partial charge in [0.2, 0.25) is 0 Å². The molecule has 6 heteroatoms. The number of esters is 1. The van der Waals surface area contributed by atoms with Crippen LogP contribution in [0.15, 0.2) is 18.3 Å². The SMILES string of the molecule is CCCCOC(=O)C(F)(F)c1cc(C#N)ccn1. The van der Waals surface area contributed by atoms with E-state index in [1.165, 1.54) is 6.07 Å². The van der Waals surface area contributed by atoms with Gasteiger partial charge in [-0.15, -0.1) is 0 Å². The Morgan fingerprint density at radius 3 is 2.94 bits per heavy atom. The molecule has 0 radical (unpaired) electrons. The highest BCUT2D eigenvalue weighted by Crippen LogP contribution is 2.28. The van der Waals surface area contributed by atoms with E-state index in [1.54, 1.807) is 6.07 Å². The molecule has 0 aliphatic carbocycles. The Morgan fingerprint density at radius 2 is 2.33 bits per heavy atom. The van der Waals surface area contributed by atoms with E-state index in [-0.39, 0.29) is 12.2 Å². The van der Waals surface area contributed by atoms with Crippen LogP contribution in [-0.4, -0.2) is 17.6 Å². The van der Waals surface area contributed by atoms with Crippen molar-refractivity contribution in [3.8, 4) is 6.07 Å². The molecule has 18 heavy (non-hydrogen) atoms. The van der Waals surface area contributed by atoms with Gasteiger partial charge in [0.15, 0.2) is 0 Å². The second kappa shape index (κ2) is 6.05. The van der Waals surface area contributed by atoms with Gasteiger partial charge in [-0.25, -0.2) is 4.79 Å². The van der Waals surface area contributed by atoms with Crippen LogP contribution >= 0.6 is 0 Å². The van der Waals surface area contributed by atoms with Crippen molar-refractivity contribution in [2.45, 2.75) is 25.7 Å². The number of ether oxygens (including phenoxy) is 1. The number of carbonyl (C=O) groups is 1. The minimum Gasteiger partial charge on any atom is -0.461 e. The molecular weight excluding hydrogens is 242 g/mol. The molecule has 1 rings (SSSR count). The Morgan fingerprint density at radius 1 is 1.61 bits per heavy atom. The number of unbranched alkanes of at least 4 members (excludes halogenated alkanes) is 1. The highest BCUT2D eigenvalue weighted by molar-refractivity contribution is 5.78. The molecule has 0 aliphatic rings. The normalized spacial score (nSPS) is 10.8. The van der Waals surface area contributed by atoms with Gasteiger partial charge in [0.1, 0.15) is 5.69 Å². The molecule has 0 fully saturated rings. The number of alkyl halides is 2. The molecule has 0 saturated heterocycles. The second-order valence-electron chi connectivity index (χ2n) is 3.61. The van der Waals surface area contributed by atoms with Crippen molar-refractivity contribution in [3.05, 3.63) is 29.6 Å². The lowest BCUT2D eigenvalue weighted by Crippen LogP contribution is -2.29. The molecular formula is C12H12F2N2O2. The summed E-state index contributed by atoms with van der Waals surface area (Å²) in [7, 11) is 0. The Hall–Kier alpha value is -2.03. The Kier molecular flexibility index (Phi) is 4.72. The fourth-order valence-corrected chi connectivity index (χ4v) is 1.18. The summed E-state index contributed by atoms with van der Waals surface area (Å²) < 4.78 is 31.8. The van der Waals surface area contributed by atoms with Gasteiger partial charge in [0.25, 0.3) is 0 Å². The molecule has 0 amide bonds. The molecule has 0 N–H and O–H groups in total. The van der Waals surface area contributed by atoms with E-state index < -0.39 is 17.6 Å². The molecule has 0 bridgehead atoms. The highest BCUT2D eigenvalue weighted by atomic mass is 19.3. The van der Waals surface area contributed by atoms with E-state index in [0.29, 0.717) is 6.42 Å². The van der Waals surface area contributed by atoms with E-state index in [1.807, 2.05) is 6.92 Å². The molecule has 0 aliphatic heterocycles. The lowest BCUT2D eigenvalue weighted by atomic mass is 10.1. The maximum atomic E-state index is 13.6. The van der Waals surface area contributed by atoms with Crippen LogP contribution in [0, 0.1) is 11.3 Å². The first-order valence-corrected chi connectivity index (χ1v) is 5.44. The predicted octanol–water partition coefficient (Wildman–Crippen LogP) is 2.39. The topological polar surface area (TPSA) is 63.0 Å². The van der Waals surface area contributed by atoms with Gasteiger partial charge < -0.3 is 4.74 Å². The van der Waals surface area contributed by atoms with E-state index >= 15 is 0 Å². The maximum Gasteiger partial charge on any atom is 0.384 e. The molecule has 0 atom stereocenters. The number of rotatable bonds is 5. The Balaban J connectivity index is 2.84. The number of hydrogen-bond acceptors (Lipinski definition) is 4. The van der Waals surface area contributed by atoms with Gasteiger partial charge in [-0.3, -0.25) is 4.98 Å². The summed E-state index contributed by atoms with van der Waals surface area (Å²) in [5.74, 6) is -5.47. The number of carbonyl (C=O) groups excluding carboxylic acids is 1. The number of pyridine rings is 1. The fourth-order valence-electron chi connectivity index (χ4n) is 1.18. The summed E-state index contributed by atoms with van der Waals surface area (Å²) in [6.45, 7) is 1.80. The third-order valence-corrected chi connectivity index (χ3v) is 2.20. The molecule has 1 aromatic heterocycles. The smallest absolute Gasteiger partial charge is 0.384 e. The van der Waals surface area contributed by atoms with E-state index in [4.69, 9.17) is 5.26 Å². The fraction of sp³-hybridized carbons (Fsp3) is 0.417. The van der Waals surface area contributed by atoms with Crippen LogP contribution in [0.3, 0.4) is 0 Å². The maximum absolute atomic E-state index is 13.6. The highest BCUT2D eigenvalue weighted by Gasteiger charge is 2.44. The molecule has 0 saturated carbocycles. The molecule has 1 aromatic rings. The van der Waals surface area contributed by atoms with Gasteiger partial charge in [0.05, 0.1) is 18.2 Å².